The van der Waals surface area contributed by atoms with Crippen LogP contribution in [0.4, 0.5) is 13.2 Å². The number of nitrogens with zero attached hydrogens (tertiary/aromatic N) is 1. The normalized spacial score (nSPS) is 14.1. The smallest absolute Gasteiger partial charge is 0.416 e. The molecule has 1 aliphatic carbocycles. The SMILES string of the molecule is Cn1cc(-c2cccc(OCC3CC3)c2)c(=O)c(-c2cccc(C(F)(F)F)c2)c1. The maximum atomic E-state index is 13.1. The number of rotatable bonds is 5. The van der Waals surface area contributed by atoms with E-state index in [0.29, 0.717) is 29.4 Å². The standard InChI is InChI=1S/C23H20F3NO2/c1-27-12-20(16-4-2-6-18(10-16)23(24,25)26)22(28)21(13-27)17-5-3-7-19(11-17)29-14-15-8-9-15/h2-7,10-13,15H,8-9,14H2,1H3. The van der Waals surface area contributed by atoms with Crippen LogP contribution in [-0.4, -0.2) is 11.2 Å². The minimum absolute atomic E-state index is 0.223. The molecule has 3 aromatic rings. The fourth-order valence-electron chi connectivity index (χ4n) is 3.23. The quantitative estimate of drug-likeness (QED) is 0.565. The molecule has 1 fully saturated rings. The van der Waals surface area contributed by atoms with Crippen molar-refractivity contribution in [2.45, 2.75) is 19.0 Å². The lowest BCUT2D eigenvalue weighted by atomic mass is 9.99. The van der Waals surface area contributed by atoms with E-state index in [2.05, 4.69) is 0 Å². The van der Waals surface area contributed by atoms with E-state index in [0.717, 1.165) is 12.1 Å². The van der Waals surface area contributed by atoms with E-state index in [-0.39, 0.29) is 16.6 Å². The Bertz CT molecular complexity index is 1100. The summed E-state index contributed by atoms with van der Waals surface area (Å²) in [6.07, 6.45) is 1.12. The molecule has 1 aromatic heterocycles. The lowest BCUT2D eigenvalue weighted by Crippen LogP contribution is -2.12. The minimum Gasteiger partial charge on any atom is -0.493 e. The van der Waals surface area contributed by atoms with Gasteiger partial charge in [-0.1, -0.05) is 24.3 Å². The second-order valence-electron chi connectivity index (χ2n) is 7.44. The average molecular weight is 399 g/mol. The van der Waals surface area contributed by atoms with E-state index in [4.69, 9.17) is 4.74 Å². The molecule has 1 heterocycles. The van der Waals surface area contributed by atoms with Crippen LogP contribution in [0.25, 0.3) is 22.3 Å². The number of benzene rings is 2. The van der Waals surface area contributed by atoms with Gasteiger partial charge in [-0.25, -0.2) is 0 Å². The molecule has 0 radical (unpaired) electrons. The van der Waals surface area contributed by atoms with E-state index >= 15 is 0 Å². The molecule has 4 rings (SSSR count). The van der Waals surface area contributed by atoms with Gasteiger partial charge in [0.15, 0.2) is 5.43 Å². The zero-order chi connectivity index (χ0) is 20.6. The average Bonchev–Trinajstić information content (AvgIpc) is 3.52. The molecule has 0 spiro atoms. The highest BCUT2D eigenvalue weighted by atomic mass is 19.4. The Morgan fingerprint density at radius 3 is 2.24 bits per heavy atom. The molecule has 0 bridgehead atoms. The summed E-state index contributed by atoms with van der Waals surface area (Å²) in [6.45, 7) is 0.658. The number of hydrogen-bond acceptors (Lipinski definition) is 2. The Labute approximate surface area is 166 Å². The van der Waals surface area contributed by atoms with Gasteiger partial charge < -0.3 is 9.30 Å². The van der Waals surface area contributed by atoms with Crippen LogP contribution < -0.4 is 10.2 Å². The van der Waals surface area contributed by atoms with Gasteiger partial charge in [0, 0.05) is 30.6 Å². The van der Waals surface area contributed by atoms with Gasteiger partial charge in [0.25, 0.3) is 0 Å². The summed E-state index contributed by atoms with van der Waals surface area (Å²) in [4.78, 5) is 13.1. The van der Waals surface area contributed by atoms with Gasteiger partial charge in [0.2, 0.25) is 0 Å². The van der Waals surface area contributed by atoms with E-state index < -0.39 is 11.7 Å². The predicted octanol–water partition coefficient (Wildman–Crippen LogP) is 5.53. The summed E-state index contributed by atoms with van der Waals surface area (Å²) in [6, 6.07) is 12.1. The van der Waals surface area contributed by atoms with Crippen molar-refractivity contribution in [2.75, 3.05) is 6.61 Å². The molecule has 0 amide bonds. The topological polar surface area (TPSA) is 31.2 Å². The van der Waals surface area contributed by atoms with Crippen LogP contribution in [0.15, 0.2) is 65.7 Å². The van der Waals surface area contributed by atoms with Gasteiger partial charge in [-0.2, -0.15) is 13.2 Å². The molecule has 1 aliphatic rings. The Kier molecular flexibility index (Phi) is 4.94. The maximum Gasteiger partial charge on any atom is 0.416 e. The highest BCUT2D eigenvalue weighted by Gasteiger charge is 2.30. The van der Waals surface area contributed by atoms with E-state index in [1.54, 1.807) is 36.1 Å². The zero-order valence-corrected chi connectivity index (χ0v) is 15.9. The molecule has 0 aliphatic heterocycles. The molecule has 29 heavy (non-hydrogen) atoms. The van der Waals surface area contributed by atoms with Crippen molar-refractivity contribution in [1.29, 1.82) is 0 Å². The second-order valence-corrected chi connectivity index (χ2v) is 7.44. The summed E-state index contributed by atoms with van der Waals surface area (Å²) >= 11 is 0. The van der Waals surface area contributed by atoms with Gasteiger partial charge >= 0.3 is 6.18 Å². The van der Waals surface area contributed by atoms with Crippen molar-refractivity contribution in [3.05, 3.63) is 76.7 Å². The predicted molar refractivity (Wildman–Crippen MR) is 106 cm³/mol. The molecule has 0 atom stereocenters. The summed E-state index contributed by atoms with van der Waals surface area (Å²) in [5, 5.41) is 0. The summed E-state index contributed by atoms with van der Waals surface area (Å²) in [5.41, 5.74) is 0.454. The largest absolute Gasteiger partial charge is 0.493 e. The highest BCUT2D eigenvalue weighted by Crippen LogP contribution is 2.33. The first kappa shape index (κ1) is 19.3. The molecule has 0 N–H and O–H groups in total. The first-order valence-electron chi connectivity index (χ1n) is 9.42. The fourth-order valence-corrected chi connectivity index (χ4v) is 3.23. The summed E-state index contributed by atoms with van der Waals surface area (Å²) < 4.78 is 46.7. The first-order valence-corrected chi connectivity index (χ1v) is 9.42. The lowest BCUT2D eigenvalue weighted by Gasteiger charge is -2.12. The number of aromatic nitrogens is 1. The van der Waals surface area contributed by atoms with Crippen molar-refractivity contribution in [2.24, 2.45) is 13.0 Å². The molecule has 1 saturated carbocycles. The van der Waals surface area contributed by atoms with Crippen molar-refractivity contribution < 1.29 is 17.9 Å². The third-order valence-electron chi connectivity index (χ3n) is 4.98. The Hall–Kier alpha value is -3.02. The molecule has 2 aromatic carbocycles. The van der Waals surface area contributed by atoms with Gasteiger partial charge in [-0.05, 0) is 54.2 Å². The van der Waals surface area contributed by atoms with Crippen LogP contribution in [0, 0.1) is 5.92 Å². The Balaban J connectivity index is 1.75. The van der Waals surface area contributed by atoms with Crippen LogP contribution in [0.2, 0.25) is 0 Å². The van der Waals surface area contributed by atoms with Crippen LogP contribution in [0.1, 0.15) is 18.4 Å². The van der Waals surface area contributed by atoms with Gasteiger partial charge in [-0.15, -0.1) is 0 Å². The number of alkyl halides is 3. The maximum absolute atomic E-state index is 13.1. The zero-order valence-electron chi connectivity index (χ0n) is 15.9. The number of ether oxygens (including phenoxy) is 1. The summed E-state index contributed by atoms with van der Waals surface area (Å²) in [5.74, 6) is 1.29. The Morgan fingerprint density at radius 1 is 1.00 bits per heavy atom. The molecule has 0 unspecified atom stereocenters. The molecular formula is C23H20F3NO2. The van der Waals surface area contributed by atoms with Crippen molar-refractivity contribution >= 4 is 0 Å². The van der Waals surface area contributed by atoms with Crippen LogP contribution in [0.3, 0.4) is 0 Å². The van der Waals surface area contributed by atoms with Crippen molar-refractivity contribution in [1.82, 2.24) is 4.57 Å². The number of pyridine rings is 1. The fraction of sp³-hybridized carbons (Fsp3) is 0.261. The van der Waals surface area contributed by atoms with E-state index in [9.17, 15) is 18.0 Å². The van der Waals surface area contributed by atoms with Gasteiger partial charge in [0.05, 0.1) is 12.2 Å². The van der Waals surface area contributed by atoms with Crippen LogP contribution >= 0.6 is 0 Å². The molecule has 0 saturated heterocycles. The minimum atomic E-state index is -4.47. The number of halogens is 3. The van der Waals surface area contributed by atoms with E-state index in [1.807, 2.05) is 12.1 Å². The molecule has 3 nitrogen and oxygen atoms in total. The molecule has 6 heteroatoms. The van der Waals surface area contributed by atoms with E-state index in [1.165, 1.54) is 25.0 Å². The van der Waals surface area contributed by atoms with Crippen LogP contribution in [0.5, 0.6) is 5.75 Å². The summed E-state index contributed by atoms with van der Waals surface area (Å²) in [7, 11) is 1.74. The van der Waals surface area contributed by atoms with Gasteiger partial charge in [0.1, 0.15) is 5.75 Å². The monoisotopic (exact) mass is 399 g/mol. The van der Waals surface area contributed by atoms with Crippen molar-refractivity contribution in [3.8, 4) is 28.0 Å². The second kappa shape index (κ2) is 7.43. The third-order valence-corrected chi connectivity index (χ3v) is 4.98. The van der Waals surface area contributed by atoms with Gasteiger partial charge in [-0.3, -0.25) is 4.79 Å². The lowest BCUT2D eigenvalue weighted by molar-refractivity contribution is -0.137. The van der Waals surface area contributed by atoms with Crippen molar-refractivity contribution in [3.63, 3.8) is 0 Å². The Morgan fingerprint density at radius 2 is 1.62 bits per heavy atom. The third kappa shape index (κ3) is 4.36. The highest BCUT2D eigenvalue weighted by molar-refractivity contribution is 5.72. The molecule has 150 valence electrons. The number of hydrogen-bond donors (Lipinski definition) is 0. The molecular weight excluding hydrogens is 379 g/mol. The number of aryl methyl sites for hydroxylation is 1. The first-order chi connectivity index (χ1) is 13.8. The van der Waals surface area contributed by atoms with Crippen LogP contribution in [-0.2, 0) is 13.2 Å².